The van der Waals surface area contributed by atoms with E-state index in [2.05, 4.69) is 10.3 Å². The van der Waals surface area contributed by atoms with E-state index < -0.39 is 11.9 Å². The number of methoxy groups -OCH3 is 1. The van der Waals surface area contributed by atoms with Crippen LogP contribution in [0.1, 0.15) is 26.4 Å². The zero-order chi connectivity index (χ0) is 15.4. The van der Waals surface area contributed by atoms with Crippen LogP contribution in [0, 0.1) is 11.6 Å². The molecule has 0 atom stereocenters. The van der Waals surface area contributed by atoms with Crippen LogP contribution in [0.3, 0.4) is 0 Å². The smallest absolute Gasteiger partial charge is 0.338 e. The lowest BCUT2D eigenvalue weighted by Gasteiger charge is -2.10. The Morgan fingerprint density at radius 2 is 1.90 bits per heavy atom. The number of carbonyl (C=O) groups is 2. The van der Waals surface area contributed by atoms with Crippen molar-refractivity contribution >= 4 is 29.8 Å². The molecule has 0 spiro atoms. The number of carbonyl (C=O) groups excluding carboxylic acids is 2. The average Bonchev–Trinajstić information content (AvgIpc) is 2.46. The minimum absolute atomic E-state index is 0.103. The fourth-order valence-electron chi connectivity index (χ4n) is 1.90. The lowest BCUT2D eigenvalue weighted by molar-refractivity contribution is 0.0597. The third kappa shape index (κ3) is 3.35. The highest BCUT2D eigenvalue weighted by atomic mass is 32.1. The minimum Gasteiger partial charge on any atom is -0.465 e. The first-order chi connectivity index (χ1) is 10.0. The molecule has 1 amide bonds. The van der Waals surface area contributed by atoms with Gasteiger partial charge in [-0.2, -0.15) is 0 Å². The van der Waals surface area contributed by atoms with E-state index in [0.29, 0.717) is 11.4 Å². The molecule has 6 heteroatoms. The molecule has 1 aromatic carbocycles. The number of para-hydroxylation sites is 1. The zero-order valence-electron chi connectivity index (χ0n) is 11.6. The Balaban J connectivity index is 2.45. The molecule has 0 saturated carbocycles. The van der Waals surface area contributed by atoms with E-state index in [1.54, 1.807) is 37.3 Å². The molecule has 0 aliphatic carbocycles. The molecule has 1 aromatic heterocycles. The van der Waals surface area contributed by atoms with Gasteiger partial charge in [0.25, 0.3) is 5.91 Å². The maximum atomic E-state index is 12.4. The van der Waals surface area contributed by atoms with Gasteiger partial charge in [-0.05, 0) is 25.1 Å². The zero-order valence-corrected chi connectivity index (χ0v) is 12.4. The van der Waals surface area contributed by atoms with Crippen molar-refractivity contribution in [3.05, 3.63) is 57.9 Å². The predicted molar refractivity (Wildman–Crippen MR) is 82.1 cm³/mol. The Kier molecular flexibility index (Phi) is 4.49. The second kappa shape index (κ2) is 6.32. The van der Waals surface area contributed by atoms with Crippen molar-refractivity contribution in [2.75, 3.05) is 12.4 Å². The van der Waals surface area contributed by atoms with Crippen molar-refractivity contribution in [1.29, 1.82) is 0 Å². The van der Waals surface area contributed by atoms with Crippen molar-refractivity contribution in [3.8, 4) is 0 Å². The quantitative estimate of drug-likeness (QED) is 0.675. The summed E-state index contributed by atoms with van der Waals surface area (Å²) in [5.41, 5.74) is 1.54. The van der Waals surface area contributed by atoms with Gasteiger partial charge in [0, 0.05) is 11.4 Å². The molecule has 2 aromatic rings. The van der Waals surface area contributed by atoms with Gasteiger partial charge in [-0.1, -0.05) is 30.4 Å². The summed E-state index contributed by atoms with van der Waals surface area (Å²) in [5.74, 6) is -1.06. The summed E-state index contributed by atoms with van der Waals surface area (Å²) in [5, 5.41) is 2.70. The number of anilines is 1. The first kappa shape index (κ1) is 14.9. The van der Waals surface area contributed by atoms with Crippen LogP contribution in [-0.2, 0) is 4.74 Å². The van der Waals surface area contributed by atoms with E-state index in [9.17, 15) is 9.59 Å². The first-order valence-corrected chi connectivity index (χ1v) is 6.62. The van der Waals surface area contributed by atoms with Crippen LogP contribution in [0.5, 0.6) is 0 Å². The van der Waals surface area contributed by atoms with Crippen molar-refractivity contribution < 1.29 is 14.3 Å². The molecule has 108 valence electrons. The van der Waals surface area contributed by atoms with Gasteiger partial charge in [0.15, 0.2) is 0 Å². The van der Waals surface area contributed by atoms with Gasteiger partial charge >= 0.3 is 5.97 Å². The lowest BCUT2D eigenvalue weighted by Crippen LogP contribution is -2.19. The van der Waals surface area contributed by atoms with Crippen LogP contribution >= 0.6 is 12.2 Å². The number of ether oxygens (including phenoxy) is 1. The highest BCUT2D eigenvalue weighted by molar-refractivity contribution is 7.71. The van der Waals surface area contributed by atoms with E-state index >= 15 is 0 Å². The van der Waals surface area contributed by atoms with Crippen molar-refractivity contribution in [2.24, 2.45) is 0 Å². The molecule has 0 aliphatic heterocycles. The lowest BCUT2D eigenvalue weighted by atomic mass is 10.1. The van der Waals surface area contributed by atoms with Crippen LogP contribution in [0.15, 0.2) is 36.4 Å². The van der Waals surface area contributed by atoms with Gasteiger partial charge in [0.05, 0.1) is 18.2 Å². The Labute approximate surface area is 127 Å². The topological polar surface area (TPSA) is 71.2 Å². The molecule has 0 unspecified atom stereocenters. The van der Waals surface area contributed by atoms with Crippen LogP contribution < -0.4 is 5.32 Å². The molecular weight excluding hydrogens is 288 g/mol. The summed E-state index contributed by atoms with van der Waals surface area (Å²) in [7, 11) is 1.26. The molecular formula is C15H14N2O3S. The molecule has 1 heterocycles. The Bertz CT molecular complexity index is 738. The molecule has 2 rings (SSSR count). The SMILES string of the molecule is COC(=O)c1cc(C)[nH]c(=S)c1C(=O)Nc1ccccc1. The van der Waals surface area contributed by atoms with Gasteiger partial charge in [0.2, 0.25) is 0 Å². The number of hydrogen-bond donors (Lipinski definition) is 2. The number of esters is 1. The standard InChI is InChI=1S/C15H14N2O3S/c1-9-8-11(15(19)20-2)12(14(21)16-9)13(18)17-10-6-4-3-5-7-10/h3-8H,1-2H3,(H,16,21)(H,17,18). The third-order valence-electron chi connectivity index (χ3n) is 2.83. The van der Waals surface area contributed by atoms with E-state index in [1.807, 2.05) is 6.07 Å². The van der Waals surface area contributed by atoms with Crippen LogP contribution in [-0.4, -0.2) is 24.0 Å². The van der Waals surface area contributed by atoms with Crippen LogP contribution in [0.4, 0.5) is 5.69 Å². The molecule has 21 heavy (non-hydrogen) atoms. The van der Waals surface area contributed by atoms with Gasteiger partial charge in [-0.25, -0.2) is 4.79 Å². The molecule has 0 radical (unpaired) electrons. The van der Waals surface area contributed by atoms with Gasteiger partial charge < -0.3 is 15.0 Å². The number of pyridine rings is 1. The molecule has 0 saturated heterocycles. The fraction of sp³-hybridized carbons (Fsp3) is 0.133. The van der Waals surface area contributed by atoms with E-state index in [1.165, 1.54) is 7.11 Å². The maximum Gasteiger partial charge on any atom is 0.338 e. The second-order valence-corrected chi connectivity index (χ2v) is 4.79. The minimum atomic E-state index is -0.601. The van der Waals surface area contributed by atoms with E-state index in [4.69, 9.17) is 17.0 Å². The van der Waals surface area contributed by atoms with Gasteiger partial charge in [-0.3, -0.25) is 4.79 Å². The number of hydrogen-bond acceptors (Lipinski definition) is 4. The molecule has 0 aliphatic rings. The van der Waals surface area contributed by atoms with Crippen molar-refractivity contribution in [1.82, 2.24) is 4.98 Å². The summed E-state index contributed by atoms with van der Waals surface area (Å²) < 4.78 is 4.91. The fourth-order valence-corrected chi connectivity index (χ4v) is 2.26. The highest BCUT2D eigenvalue weighted by Crippen LogP contribution is 2.16. The second-order valence-electron chi connectivity index (χ2n) is 4.38. The van der Waals surface area contributed by atoms with Crippen molar-refractivity contribution in [3.63, 3.8) is 0 Å². The monoisotopic (exact) mass is 302 g/mol. The number of nitrogens with one attached hydrogen (secondary N) is 2. The summed E-state index contributed by atoms with van der Waals surface area (Å²) >= 11 is 5.16. The summed E-state index contributed by atoms with van der Waals surface area (Å²) in [4.78, 5) is 27.1. The van der Waals surface area contributed by atoms with E-state index in [-0.39, 0.29) is 15.8 Å². The normalized spacial score (nSPS) is 10.0. The summed E-state index contributed by atoms with van der Waals surface area (Å²) in [6, 6.07) is 10.5. The maximum absolute atomic E-state index is 12.4. The largest absolute Gasteiger partial charge is 0.465 e. The van der Waals surface area contributed by atoms with Crippen molar-refractivity contribution in [2.45, 2.75) is 6.92 Å². The molecule has 0 bridgehead atoms. The summed E-state index contributed by atoms with van der Waals surface area (Å²) in [6.45, 7) is 1.75. The number of H-pyrrole nitrogens is 1. The Hall–Kier alpha value is -2.47. The molecule has 5 nitrogen and oxygen atoms in total. The van der Waals surface area contributed by atoms with E-state index in [0.717, 1.165) is 0 Å². The molecule has 2 N–H and O–H groups in total. The predicted octanol–water partition coefficient (Wildman–Crippen LogP) is 3.09. The Morgan fingerprint density at radius 3 is 2.52 bits per heavy atom. The third-order valence-corrected chi connectivity index (χ3v) is 3.14. The number of aryl methyl sites for hydroxylation is 1. The van der Waals surface area contributed by atoms with Gasteiger partial charge in [-0.15, -0.1) is 0 Å². The Morgan fingerprint density at radius 1 is 1.24 bits per heavy atom. The first-order valence-electron chi connectivity index (χ1n) is 6.21. The van der Waals surface area contributed by atoms with Crippen LogP contribution in [0.2, 0.25) is 0 Å². The number of amides is 1. The van der Waals surface area contributed by atoms with Gasteiger partial charge in [0.1, 0.15) is 4.64 Å². The number of aromatic amines is 1. The molecule has 0 fully saturated rings. The number of benzene rings is 1. The van der Waals surface area contributed by atoms with Crippen LogP contribution in [0.25, 0.3) is 0 Å². The highest BCUT2D eigenvalue weighted by Gasteiger charge is 2.20. The number of aromatic nitrogens is 1. The number of rotatable bonds is 3. The summed E-state index contributed by atoms with van der Waals surface area (Å²) in [6.07, 6.45) is 0. The average molecular weight is 302 g/mol.